The Morgan fingerprint density at radius 2 is 1.89 bits per heavy atom. The highest BCUT2D eigenvalue weighted by atomic mass is 16.5. The summed E-state index contributed by atoms with van der Waals surface area (Å²) in [4.78, 5) is 2.31. The molecular weight excluding hydrogens is 236 g/mol. The number of hydrogen-bond acceptors (Lipinski definition) is 3. The van der Waals surface area contributed by atoms with Crippen LogP contribution in [-0.4, -0.2) is 38.2 Å². The highest BCUT2D eigenvalue weighted by Gasteiger charge is 2.05. The lowest BCUT2D eigenvalue weighted by molar-refractivity contribution is 0.317. The Bertz CT molecular complexity index is 337. The van der Waals surface area contributed by atoms with Gasteiger partial charge in [0.05, 0.1) is 6.61 Å². The fourth-order valence-corrected chi connectivity index (χ4v) is 1.82. The summed E-state index contributed by atoms with van der Waals surface area (Å²) in [5.74, 6) is 0.962. The zero-order valence-electron chi connectivity index (χ0n) is 12.8. The molecule has 0 aliphatic heterocycles. The van der Waals surface area contributed by atoms with Crippen LogP contribution in [0.15, 0.2) is 24.3 Å². The fraction of sp³-hybridized carbons (Fsp3) is 0.625. The van der Waals surface area contributed by atoms with Crippen molar-refractivity contribution in [2.75, 3.05) is 33.3 Å². The average molecular weight is 264 g/mol. The first-order valence-electron chi connectivity index (χ1n) is 7.32. The van der Waals surface area contributed by atoms with Crippen LogP contribution in [0.2, 0.25) is 0 Å². The molecule has 0 aromatic heterocycles. The Morgan fingerprint density at radius 1 is 1.21 bits per heavy atom. The van der Waals surface area contributed by atoms with Gasteiger partial charge in [-0.25, -0.2) is 0 Å². The summed E-state index contributed by atoms with van der Waals surface area (Å²) >= 11 is 0. The lowest BCUT2D eigenvalue weighted by Crippen LogP contribution is -2.30. The van der Waals surface area contributed by atoms with Crippen molar-refractivity contribution in [3.8, 4) is 5.75 Å². The van der Waals surface area contributed by atoms with E-state index in [1.807, 2.05) is 0 Å². The Labute approximate surface area is 118 Å². The average Bonchev–Trinajstić information content (AvgIpc) is 2.45. The van der Waals surface area contributed by atoms with Gasteiger partial charge in [-0.3, -0.25) is 0 Å². The standard InChI is InChI=1S/C16H28N2O/c1-5-13-19-16-9-7-15(8-10-16)14(3)17-11-12-18(4)6-2/h7-10,14,17H,5-6,11-13H2,1-4H3. The first kappa shape index (κ1) is 16.0. The molecule has 3 nitrogen and oxygen atoms in total. The number of benzene rings is 1. The molecule has 1 aromatic carbocycles. The van der Waals surface area contributed by atoms with Crippen LogP contribution < -0.4 is 10.1 Å². The van der Waals surface area contributed by atoms with Gasteiger partial charge in [-0.05, 0) is 44.6 Å². The minimum Gasteiger partial charge on any atom is -0.494 e. The van der Waals surface area contributed by atoms with Crippen LogP contribution in [0.3, 0.4) is 0 Å². The maximum absolute atomic E-state index is 5.59. The van der Waals surface area contributed by atoms with Crippen LogP contribution in [0.5, 0.6) is 5.75 Å². The second-order valence-electron chi connectivity index (χ2n) is 4.99. The molecule has 0 amide bonds. The molecule has 0 saturated carbocycles. The molecule has 3 heteroatoms. The molecule has 1 atom stereocenters. The number of nitrogens with zero attached hydrogens (tertiary/aromatic N) is 1. The summed E-state index contributed by atoms with van der Waals surface area (Å²) in [6.45, 7) is 10.5. The van der Waals surface area contributed by atoms with Gasteiger partial charge in [-0.15, -0.1) is 0 Å². The van der Waals surface area contributed by atoms with Crippen LogP contribution in [0.25, 0.3) is 0 Å². The molecule has 0 saturated heterocycles. The number of likely N-dealkylation sites (N-methyl/N-ethyl adjacent to an activating group) is 1. The molecule has 0 bridgehead atoms. The Kier molecular flexibility index (Phi) is 7.53. The van der Waals surface area contributed by atoms with E-state index < -0.39 is 0 Å². The predicted molar refractivity (Wildman–Crippen MR) is 81.8 cm³/mol. The minimum atomic E-state index is 0.380. The van der Waals surface area contributed by atoms with Crippen LogP contribution in [0.1, 0.15) is 38.8 Å². The first-order valence-corrected chi connectivity index (χ1v) is 7.32. The highest BCUT2D eigenvalue weighted by Crippen LogP contribution is 2.17. The normalized spacial score (nSPS) is 12.7. The van der Waals surface area contributed by atoms with Crippen molar-refractivity contribution in [1.82, 2.24) is 10.2 Å². The van der Waals surface area contributed by atoms with Gasteiger partial charge >= 0.3 is 0 Å². The lowest BCUT2D eigenvalue weighted by atomic mass is 10.1. The second-order valence-corrected chi connectivity index (χ2v) is 4.99. The van der Waals surface area contributed by atoms with E-state index in [9.17, 15) is 0 Å². The van der Waals surface area contributed by atoms with Crippen molar-refractivity contribution in [3.63, 3.8) is 0 Å². The quantitative estimate of drug-likeness (QED) is 0.742. The topological polar surface area (TPSA) is 24.5 Å². The second kappa shape index (κ2) is 8.94. The third-order valence-corrected chi connectivity index (χ3v) is 3.34. The van der Waals surface area contributed by atoms with Gasteiger partial charge in [0.25, 0.3) is 0 Å². The van der Waals surface area contributed by atoms with Gasteiger partial charge in [0.2, 0.25) is 0 Å². The first-order chi connectivity index (χ1) is 9.17. The summed E-state index contributed by atoms with van der Waals surface area (Å²) in [6, 6.07) is 8.78. The highest BCUT2D eigenvalue weighted by molar-refractivity contribution is 5.28. The smallest absolute Gasteiger partial charge is 0.119 e. The van der Waals surface area contributed by atoms with Crippen molar-refractivity contribution >= 4 is 0 Å². The van der Waals surface area contributed by atoms with Gasteiger partial charge in [0, 0.05) is 19.1 Å². The molecule has 1 unspecified atom stereocenters. The Balaban J connectivity index is 2.37. The van der Waals surface area contributed by atoms with Gasteiger partial charge in [0.1, 0.15) is 5.75 Å². The van der Waals surface area contributed by atoms with E-state index in [1.165, 1.54) is 5.56 Å². The van der Waals surface area contributed by atoms with Crippen LogP contribution in [0.4, 0.5) is 0 Å². The van der Waals surface area contributed by atoms with Gasteiger partial charge < -0.3 is 15.0 Å². The van der Waals surface area contributed by atoms with Crippen molar-refractivity contribution in [2.45, 2.75) is 33.2 Å². The van der Waals surface area contributed by atoms with E-state index in [2.05, 4.69) is 62.3 Å². The molecule has 1 N–H and O–H groups in total. The molecule has 0 heterocycles. The van der Waals surface area contributed by atoms with E-state index in [0.717, 1.165) is 38.4 Å². The van der Waals surface area contributed by atoms with Crippen LogP contribution in [0, 0.1) is 0 Å². The predicted octanol–water partition coefficient (Wildman–Crippen LogP) is 3.08. The zero-order valence-corrected chi connectivity index (χ0v) is 12.8. The third-order valence-electron chi connectivity index (χ3n) is 3.34. The number of rotatable bonds is 9. The molecule has 0 aliphatic rings. The van der Waals surface area contributed by atoms with Gasteiger partial charge in [-0.1, -0.05) is 26.0 Å². The number of nitrogens with one attached hydrogen (secondary N) is 1. The van der Waals surface area contributed by atoms with E-state index in [-0.39, 0.29) is 0 Å². The van der Waals surface area contributed by atoms with Crippen molar-refractivity contribution in [3.05, 3.63) is 29.8 Å². The maximum atomic E-state index is 5.59. The zero-order chi connectivity index (χ0) is 14.1. The van der Waals surface area contributed by atoms with Crippen LogP contribution in [-0.2, 0) is 0 Å². The summed E-state index contributed by atoms with van der Waals surface area (Å²) < 4.78 is 5.59. The largest absolute Gasteiger partial charge is 0.494 e. The van der Waals surface area contributed by atoms with Gasteiger partial charge in [-0.2, -0.15) is 0 Å². The molecule has 0 radical (unpaired) electrons. The van der Waals surface area contributed by atoms with Crippen LogP contribution >= 0.6 is 0 Å². The third kappa shape index (κ3) is 6.08. The molecule has 1 aromatic rings. The number of hydrogen-bond donors (Lipinski definition) is 1. The van der Waals surface area contributed by atoms with Crippen molar-refractivity contribution in [2.24, 2.45) is 0 Å². The minimum absolute atomic E-state index is 0.380. The molecule has 19 heavy (non-hydrogen) atoms. The van der Waals surface area contributed by atoms with E-state index >= 15 is 0 Å². The van der Waals surface area contributed by atoms with E-state index in [4.69, 9.17) is 4.74 Å². The molecule has 0 spiro atoms. The van der Waals surface area contributed by atoms with E-state index in [1.54, 1.807) is 0 Å². The molecular formula is C16H28N2O. The molecule has 0 aliphatic carbocycles. The summed E-state index contributed by atoms with van der Waals surface area (Å²) in [5.41, 5.74) is 1.31. The number of ether oxygens (including phenoxy) is 1. The van der Waals surface area contributed by atoms with E-state index in [0.29, 0.717) is 6.04 Å². The van der Waals surface area contributed by atoms with Crippen molar-refractivity contribution in [1.29, 1.82) is 0 Å². The molecule has 1 rings (SSSR count). The summed E-state index contributed by atoms with van der Waals surface area (Å²) in [7, 11) is 2.15. The maximum Gasteiger partial charge on any atom is 0.119 e. The fourth-order valence-electron chi connectivity index (χ4n) is 1.82. The summed E-state index contributed by atoms with van der Waals surface area (Å²) in [6.07, 6.45) is 1.05. The Morgan fingerprint density at radius 3 is 2.47 bits per heavy atom. The molecule has 108 valence electrons. The summed E-state index contributed by atoms with van der Waals surface area (Å²) in [5, 5.41) is 3.54. The SMILES string of the molecule is CCCOc1ccc(C(C)NCCN(C)CC)cc1. The Hall–Kier alpha value is -1.06. The monoisotopic (exact) mass is 264 g/mol. The molecule has 0 fully saturated rings. The van der Waals surface area contributed by atoms with Gasteiger partial charge in [0.15, 0.2) is 0 Å². The lowest BCUT2D eigenvalue weighted by Gasteiger charge is -2.18. The van der Waals surface area contributed by atoms with Crippen molar-refractivity contribution < 1.29 is 4.74 Å².